The Morgan fingerprint density at radius 2 is 1.14 bits per heavy atom. The molecule has 0 aromatic rings. The molecule has 0 aromatic carbocycles. The maximum atomic E-state index is 11.7. The predicted octanol–water partition coefficient (Wildman–Crippen LogP) is 6.03. The van der Waals surface area contributed by atoms with Crippen LogP contribution in [-0.2, 0) is 14.3 Å². The summed E-state index contributed by atoms with van der Waals surface area (Å²) in [5.74, 6) is -0.365. The molecule has 8 nitrogen and oxygen atoms in total. The van der Waals surface area contributed by atoms with Crippen molar-refractivity contribution in [2.24, 2.45) is 0 Å². The highest BCUT2D eigenvalue weighted by Crippen LogP contribution is 2.28. The minimum absolute atomic E-state index is 0.178. The van der Waals surface area contributed by atoms with Gasteiger partial charge >= 0.3 is 5.97 Å². The van der Waals surface area contributed by atoms with E-state index in [4.69, 9.17) is 9.47 Å². The molecule has 1 fully saturated rings. The van der Waals surface area contributed by atoms with Gasteiger partial charge in [0.05, 0.1) is 42.7 Å². The van der Waals surface area contributed by atoms with Gasteiger partial charge in [-0.1, -0.05) is 84.0 Å². The molecule has 43 heavy (non-hydrogen) atoms. The SMILES string of the molecule is CCCCCCCCCCCC[C@@H](O)[C@H]1CC[C@H]([C@H](O)CCCC[C@H](O)C[C@H](O)CCC[C@H](O)CC2=C[C@@H](C)OC2=O)O1. The number of cyclic esters (lactones) is 1. The fraction of sp³-hybridized carbons (Fsp3) is 0.914. The van der Waals surface area contributed by atoms with Crippen molar-refractivity contribution < 1.29 is 39.8 Å². The molecular weight excluding hydrogens is 548 g/mol. The minimum atomic E-state index is -0.653. The van der Waals surface area contributed by atoms with E-state index in [1.54, 1.807) is 13.0 Å². The number of hydrogen-bond acceptors (Lipinski definition) is 8. The van der Waals surface area contributed by atoms with Gasteiger partial charge in [0.1, 0.15) is 6.10 Å². The molecule has 2 rings (SSSR count). The van der Waals surface area contributed by atoms with Gasteiger partial charge in [0, 0.05) is 12.0 Å². The van der Waals surface area contributed by atoms with E-state index >= 15 is 0 Å². The summed E-state index contributed by atoms with van der Waals surface area (Å²) in [6.45, 7) is 4.03. The zero-order valence-electron chi connectivity index (χ0n) is 27.2. The largest absolute Gasteiger partial charge is 0.455 e. The van der Waals surface area contributed by atoms with E-state index < -0.39 is 30.5 Å². The monoisotopic (exact) mass is 612 g/mol. The fourth-order valence-electron chi connectivity index (χ4n) is 6.48. The molecule has 8 heteroatoms. The molecule has 0 saturated carbocycles. The van der Waals surface area contributed by atoms with Crippen molar-refractivity contribution in [3.63, 3.8) is 0 Å². The first-order valence-corrected chi connectivity index (χ1v) is 17.7. The van der Waals surface area contributed by atoms with E-state index in [0.29, 0.717) is 37.7 Å². The maximum absolute atomic E-state index is 11.7. The summed E-state index contributed by atoms with van der Waals surface area (Å²) in [5.41, 5.74) is 0.512. The number of hydrogen-bond donors (Lipinski definition) is 5. The van der Waals surface area contributed by atoms with Crippen molar-refractivity contribution in [3.8, 4) is 0 Å². The first-order valence-electron chi connectivity index (χ1n) is 17.7. The number of carbonyl (C=O) groups is 1. The third-order valence-electron chi connectivity index (χ3n) is 9.15. The Morgan fingerprint density at radius 1 is 0.674 bits per heavy atom. The third kappa shape index (κ3) is 16.7. The highest BCUT2D eigenvalue weighted by atomic mass is 16.5. The van der Waals surface area contributed by atoms with E-state index in [2.05, 4.69) is 6.92 Å². The number of carbonyl (C=O) groups excluding carboxylic acids is 1. The van der Waals surface area contributed by atoms with Crippen molar-refractivity contribution in [1.29, 1.82) is 0 Å². The number of ether oxygens (including phenoxy) is 2. The van der Waals surface area contributed by atoms with Crippen LogP contribution < -0.4 is 0 Å². The van der Waals surface area contributed by atoms with Crippen LogP contribution in [-0.4, -0.2) is 80.3 Å². The smallest absolute Gasteiger partial charge is 0.334 e. The molecule has 0 radical (unpaired) electrons. The van der Waals surface area contributed by atoms with Crippen LogP contribution in [0.15, 0.2) is 11.6 Å². The average molecular weight is 613 g/mol. The first-order chi connectivity index (χ1) is 20.7. The summed E-state index contributed by atoms with van der Waals surface area (Å²) >= 11 is 0. The second-order valence-corrected chi connectivity index (χ2v) is 13.3. The Morgan fingerprint density at radius 3 is 1.67 bits per heavy atom. The molecule has 2 aliphatic heterocycles. The maximum Gasteiger partial charge on any atom is 0.334 e. The highest BCUT2D eigenvalue weighted by Gasteiger charge is 2.34. The van der Waals surface area contributed by atoms with Crippen LogP contribution in [0.5, 0.6) is 0 Å². The fourth-order valence-corrected chi connectivity index (χ4v) is 6.48. The van der Waals surface area contributed by atoms with E-state index in [1.807, 2.05) is 0 Å². The van der Waals surface area contributed by atoms with Gasteiger partial charge in [-0.2, -0.15) is 0 Å². The second-order valence-electron chi connectivity index (χ2n) is 13.3. The topological polar surface area (TPSA) is 137 Å². The van der Waals surface area contributed by atoms with Crippen LogP contribution in [0.2, 0.25) is 0 Å². The summed E-state index contributed by atoms with van der Waals surface area (Å²) in [5, 5.41) is 52.0. The predicted molar refractivity (Wildman–Crippen MR) is 170 cm³/mol. The lowest BCUT2D eigenvalue weighted by molar-refractivity contribution is -0.139. The number of aliphatic hydroxyl groups excluding tert-OH is 5. The summed E-state index contributed by atoms with van der Waals surface area (Å²) in [7, 11) is 0. The van der Waals surface area contributed by atoms with E-state index in [1.165, 1.54) is 51.4 Å². The van der Waals surface area contributed by atoms with Gasteiger partial charge in [0.2, 0.25) is 0 Å². The van der Waals surface area contributed by atoms with Crippen LogP contribution in [0.3, 0.4) is 0 Å². The Balaban J connectivity index is 1.45. The molecule has 0 bridgehead atoms. The Labute approximate surface area is 261 Å². The second kappa shape index (κ2) is 22.5. The van der Waals surface area contributed by atoms with Gasteiger partial charge in [-0.3, -0.25) is 0 Å². The number of unbranched alkanes of at least 4 members (excludes halogenated alkanes) is 10. The van der Waals surface area contributed by atoms with E-state index in [9.17, 15) is 30.3 Å². The first kappa shape index (κ1) is 38.2. The van der Waals surface area contributed by atoms with Crippen molar-refractivity contribution in [2.75, 3.05) is 0 Å². The molecule has 5 N–H and O–H groups in total. The normalized spacial score (nSPS) is 24.0. The van der Waals surface area contributed by atoms with Gasteiger partial charge in [-0.25, -0.2) is 4.79 Å². The molecule has 252 valence electrons. The van der Waals surface area contributed by atoms with Gasteiger partial charge in [-0.15, -0.1) is 0 Å². The quantitative estimate of drug-likeness (QED) is 0.0590. The molecule has 0 amide bonds. The molecule has 0 aromatic heterocycles. The average Bonchev–Trinajstić information content (AvgIpc) is 3.58. The van der Waals surface area contributed by atoms with E-state index in [0.717, 1.165) is 44.9 Å². The minimum Gasteiger partial charge on any atom is -0.455 e. The summed E-state index contributed by atoms with van der Waals surface area (Å²) in [6.07, 6.45) is 18.1. The molecular formula is C35H64O8. The third-order valence-corrected chi connectivity index (χ3v) is 9.15. The van der Waals surface area contributed by atoms with Crippen LogP contribution in [0.4, 0.5) is 0 Å². The molecule has 0 aliphatic carbocycles. The van der Waals surface area contributed by atoms with Gasteiger partial charge in [0.25, 0.3) is 0 Å². The lowest BCUT2D eigenvalue weighted by atomic mass is 9.97. The molecule has 1 saturated heterocycles. The van der Waals surface area contributed by atoms with Gasteiger partial charge < -0.3 is 35.0 Å². The molecule has 2 heterocycles. The summed E-state index contributed by atoms with van der Waals surface area (Å²) < 4.78 is 11.1. The van der Waals surface area contributed by atoms with E-state index in [-0.39, 0.29) is 37.1 Å². The molecule has 0 unspecified atom stereocenters. The number of aliphatic hydroxyl groups is 5. The summed E-state index contributed by atoms with van der Waals surface area (Å²) in [4.78, 5) is 11.7. The standard InChI is InChI=1S/C35H64O8/c1-3-4-5-6-7-8-9-10-11-12-19-31(39)33-21-22-34(43-33)32(40)20-14-13-16-29(37)25-30(38)18-15-17-28(36)24-27-23-26(2)42-35(27)41/h23,26,28-34,36-40H,3-22,24-25H2,1-2H3/t26-,28+,29+,30-,31-,32-,33-,34-/m1/s1. The number of rotatable bonds is 26. The molecule has 2 aliphatic rings. The van der Waals surface area contributed by atoms with Crippen molar-refractivity contribution in [1.82, 2.24) is 0 Å². The lowest BCUT2D eigenvalue weighted by Gasteiger charge is -2.22. The molecule has 0 spiro atoms. The van der Waals surface area contributed by atoms with Crippen LogP contribution in [0, 0.1) is 0 Å². The van der Waals surface area contributed by atoms with Crippen molar-refractivity contribution in [3.05, 3.63) is 11.6 Å². The van der Waals surface area contributed by atoms with Crippen molar-refractivity contribution >= 4 is 5.97 Å². The van der Waals surface area contributed by atoms with Gasteiger partial charge in [-0.05, 0) is 70.8 Å². The number of esters is 1. The Hall–Kier alpha value is -1.03. The summed E-state index contributed by atoms with van der Waals surface area (Å²) in [6, 6.07) is 0. The van der Waals surface area contributed by atoms with Crippen LogP contribution >= 0.6 is 0 Å². The Kier molecular flexibility index (Phi) is 19.9. The molecule has 8 atom stereocenters. The van der Waals surface area contributed by atoms with Crippen LogP contribution in [0.1, 0.15) is 155 Å². The zero-order valence-corrected chi connectivity index (χ0v) is 27.2. The van der Waals surface area contributed by atoms with Gasteiger partial charge in [0.15, 0.2) is 0 Å². The highest BCUT2D eigenvalue weighted by molar-refractivity contribution is 5.90. The van der Waals surface area contributed by atoms with Crippen molar-refractivity contribution in [2.45, 2.75) is 204 Å². The Bertz CT molecular complexity index is 758. The zero-order chi connectivity index (χ0) is 31.5. The lowest BCUT2D eigenvalue weighted by Crippen LogP contribution is -2.31. The van der Waals surface area contributed by atoms with Crippen LogP contribution in [0.25, 0.3) is 0 Å².